The third-order valence-electron chi connectivity index (χ3n) is 13.9. The summed E-state index contributed by atoms with van der Waals surface area (Å²) in [5, 5.41) is 20.5. The van der Waals surface area contributed by atoms with Crippen molar-refractivity contribution in [3.63, 3.8) is 0 Å². The second-order valence-electron chi connectivity index (χ2n) is 17.4. The van der Waals surface area contributed by atoms with Gasteiger partial charge in [0, 0.05) is 85.6 Å². The zero-order valence-corrected chi connectivity index (χ0v) is 36.1. The first-order chi connectivity index (χ1) is 28.6. The first kappa shape index (κ1) is 41.6. The van der Waals surface area contributed by atoms with Crippen molar-refractivity contribution in [2.75, 3.05) is 71.5 Å². The quantitative estimate of drug-likeness (QED) is 0.182. The highest BCUT2D eigenvalue weighted by Crippen LogP contribution is 2.66. The molecule has 6 aliphatic rings. The summed E-state index contributed by atoms with van der Waals surface area (Å²) in [6.45, 7) is 10.2. The Balaban J connectivity index is 0.000000167. The summed E-state index contributed by atoms with van der Waals surface area (Å²) >= 11 is 1.80. The maximum Gasteiger partial charge on any atom is 0.156 e. The van der Waals surface area contributed by atoms with Gasteiger partial charge in [-0.1, -0.05) is 72.6 Å². The molecule has 3 aromatic carbocycles. The second-order valence-corrected chi connectivity index (χ2v) is 18.5. The number of aliphatic imine (C=N–C) groups is 1. The van der Waals surface area contributed by atoms with Gasteiger partial charge in [-0.05, 0) is 110 Å². The zero-order valence-electron chi connectivity index (χ0n) is 35.3. The molecule has 1 saturated heterocycles. The number of rotatable bonds is 7. The van der Waals surface area contributed by atoms with Gasteiger partial charge in [0.2, 0.25) is 0 Å². The van der Waals surface area contributed by atoms with E-state index in [4.69, 9.17) is 14.8 Å². The van der Waals surface area contributed by atoms with Gasteiger partial charge >= 0.3 is 0 Å². The van der Waals surface area contributed by atoms with Gasteiger partial charge in [0.05, 0.1) is 25.5 Å². The molecule has 0 amide bonds. The van der Waals surface area contributed by atoms with Crippen LogP contribution >= 0.6 is 11.8 Å². The molecule has 3 aromatic rings. The van der Waals surface area contributed by atoms with Crippen LogP contribution in [0.4, 0.5) is 11.4 Å². The number of aliphatic hydroxyl groups excluding tert-OH is 1. The summed E-state index contributed by atoms with van der Waals surface area (Å²) < 4.78 is 5.40. The fraction of sp³-hybridized carbons (Fsp3) is 0.480. The van der Waals surface area contributed by atoms with E-state index in [-0.39, 0.29) is 23.7 Å². The Hall–Kier alpha value is -4.17. The maximum atomic E-state index is 12.2. The van der Waals surface area contributed by atoms with Crippen LogP contribution in [0.5, 0.6) is 0 Å². The van der Waals surface area contributed by atoms with Crippen LogP contribution in [0.3, 0.4) is 0 Å². The van der Waals surface area contributed by atoms with Gasteiger partial charge < -0.3 is 24.7 Å². The van der Waals surface area contributed by atoms with Crippen LogP contribution in [0, 0.1) is 29.1 Å². The average molecular weight is 813 g/mol. The Kier molecular flexibility index (Phi) is 12.5. The van der Waals surface area contributed by atoms with Crippen molar-refractivity contribution in [3.05, 3.63) is 107 Å². The molecule has 8 nitrogen and oxygen atoms in total. The van der Waals surface area contributed by atoms with Crippen molar-refractivity contribution >= 4 is 34.8 Å². The number of fused-ring (bicyclic) bond motifs is 6. The summed E-state index contributed by atoms with van der Waals surface area (Å²) in [6.07, 6.45) is 8.23. The van der Waals surface area contributed by atoms with Crippen LogP contribution in [0.15, 0.2) is 110 Å². The van der Waals surface area contributed by atoms with Crippen molar-refractivity contribution in [3.8, 4) is 11.8 Å². The Morgan fingerprint density at radius 3 is 2.42 bits per heavy atom. The van der Waals surface area contributed by atoms with Gasteiger partial charge in [0.25, 0.3) is 0 Å². The maximum absolute atomic E-state index is 12.2. The number of aliphatic hydroxyl groups is 2. The van der Waals surface area contributed by atoms with Crippen molar-refractivity contribution < 1.29 is 19.7 Å². The number of anilines is 1. The lowest BCUT2D eigenvalue weighted by molar-refractivity contribution is -0.114. The smallest absolute Gasteiger partial charge is 0.156 e. The third kappa shape index (κ3) is 8.32. The molecule has 0 spiro atoms. The highest BCUT2D eigenvalue weighted by atomic mass is 32.2. The molecule has 0 bridgehead atoms. The number of piperazine rings is 1. The number of allylic oxidation sites excluding steroid dienone is 4. The minimum atomic E-state index is -0.914. The number of nitrogens with zero attached hydrogens (tertiary/aromatic N) is 4. The van der Waals surface area contributed by atoms with E-state index in [1.807, 2.05) is 13.0 Å². The van der Waals surface area contributed by atoms with Crippen molar-refractivity contribution in [2.45, 2.75) is 80.1 Å². The lowest BCUT2D eigenvalue weighted by Gasteiger charge is -2.53. The van der Waals surface area contributed by atoms with Gasteiger partial charge in [0.15, 0.2) is 5.78 Å². The van der Waals surface area contributed by atoms with E-state index in [9.17, 15) is 9.90 Å². The lowest BCUT2D eigenvalue weighted by Crippen LogP contribution is -2.51. The van der Waals surface area contributed by atoms with E-state index in [1.165, 1.54) is 37.8 Å². The first-order valence-electron chi connectivity index (χ1n) is 21.6. The van der Waals surface area contributed by atoms with Crippen molar-refractivity contribution in [1.82, 2.24) is 9.80 Å². The molecule has 9 rings (SSSR count). The highest BCUT2D eigenvalue weighted by molar-refractivity contribution is 7.99. The summed E-state index contributed by atoms with van der Waals surface area (Å²) in [4.78, 5) is 26.7. The predicted octanol–water partition coefficient (Wildman–Crippen LogP) is 8.26. The molecule has 2 N–H and O–H groups in total. The summed E-state index contributed by atoms with van der Waals surface area (Å²) in [5.41, 5.74) is 7.99. The zero-order chi connectivity index (χ0) is 41.1. The lowest BCUT2D eigenvalue weighted by atomic mass is 9.51. The van der Waals surface area contributed by atoms with Crippen molar-refractivity contribution in [1.29, 1.82) is 0 Å². The molecule has 2 heterocycles. The molecular weight excluding hydrogens is 753 g/mol. The van der Waals surface area contributed by atoms with Gasteiger partial charge in [-0.15, -0.1) is 5.92 Å². The molecule has 3 fully saturated rings. The summed E-state index contributed by atoms with van der Waals surface area (Å²) in [6, 6.07) is 25.9. The van der Waals surface area contributed by atoms with Crippen LogP contribution in [0.1, 0.15) is 75.8 Å². The molecule has 59 heavy (non-hydrogen) atoms. The highest BCUT2D eigenvalue weighted by Gasteiger charge is 2.62. The Bertz CT molecular complexity index is 2180. The van der Waals surface area contributed by atoms with Gasteiger partial charge in [-0.25, -0.2) is 4.99 Å². The SMILES string of the molecule is CC#C[C@]1(O)CC[C@H]2[C@@H]3CCC4=CC(=O)CCC4=C3[C@@H](c3ccc(N(C)C)cc3)C[C@@]21C.OCCOCCN1CCN(C2=Nc3ccccc3Sc3ccccc32)CC1. The Labute approximate surface area is 355 Å². The number of para-hydroxylation sites is 1. The van der Waals surface area contributed by atoms with Crippen LogP contribution in [0.2, 0.25) is 0 Å². The molecule has 5 atom stereocenters. The molecular formula is C50H60N4O4S. The van der Waals surface area contributed by atoms with Gasteiger partial charge in [-0.2, -0.15) is 0 Å². The number of hydrogen-bond donors (Lipinski definition) is 2. The summed E-state index contributed by atoms with van der Waals surface area (Å²) in [5.74, 6) is 8.84. The number of carbonyl (C=O) groups is 1. The average Bonchev–Trinajstić information content (AvgIpc) is 3.39. The fourth-order valence-electron chi connectivity index (χ4n) is 10.8. The van der Waals surface area contributed by atoms with E-state index in [2.05, 4.69) is 120 Å². The normalized spacial score (nSPS) is 27.3. The number of benzene rings is 3. The van der Waals surface area contributed by atoms with Crippen LogP contribution < -0.4 is 4.90 Å². The Morgan fingerprint density at radius 1 is 0.932 bits per heavy atom. The minimum absolute atomic E-state index is 0.0898. The topological polar surface area (TPSA) is 88.8 Å². The second kappa shape index (κ2) is 17.8. The van der Waals surface area contributed by atoms with Gasteiger partial charge in [0.1, 0.15) is 11.4 Å². The van der Waals surface area contributed by atoms with Crippen LogP contribution in [0.25, 0.3) is 0 Å². The monoisotopic (exact) mass is 812 g/mol. The Morgan fingerprint density at radius 2 is 1.68 bits per heavy atom. The molecule has 0 unspecified atom stereocenters. The number of amidine groups is 1. The molecule has 4 aliphatic carbocycles. The van der Waals surface area contributed by atoms with E-state index >= 15 is 0 Å². The van der Waals surface area contributed by atoms with Crippen LogP contribution in [-0.4, -0.2) is 104 Å². The van der Waals surface area contributed by atoms with E-state index in [0.717, 1.165) is 82.8 Å². The molecule has 0 radical (unpaired) electrons. The molecule has 0 aromatic heterocycles. The number of ether oxygens (including phenoxy) is 1. The first-order valence-corrected chi connectivity index (χ1v) is 22.5. The predicted molar refractivity (Wildman–Crippen MR) is 239 cm³/mol. The van der Waals surface area contributed by atoms with Crippen molar-refractivity contribution in [2.24, 2.45) is 22.2 Å². The van der Waals surface area contributed by atoms with Gasteiger partial charge in [-0.3, -0.25) is 9.69 Å². The van der Waals surface area contributed by atoms with E-state index in [0.29, 0.717) is 31.5 Å². The fourth-order valence-corrected chi connectivity index (χ4v) is 11.9. The standard InChI is InChI=1S/C29H35NO2.C21H25N3O2S/c1-5-15-29(32)16-14-26-24-12-8-20-17-22(31)11-13-23(20)27(24)25(18-28(26,29)2)19-6-9-21(10-7-19)30(3)4;25-14-16-26-15-13-23-9-11-24(12-10-23)21-17-5-1-3-7-19(17)27-20-8-4-2-6-18(20)22-21/h6-7,9-10,17,24-26,32H,8,11-14,16,18H2,1-4H3;1-8,25H,9-16H2/t24-,25+,26-,28-,29-;/m0./s1. The molecule has 310 valence electrons. The largest absolute Gasteiger partial charge is 0.394 e. The molecule has 2 aliphatic heterocycles. The van der Waals surface area contributed by atoms with Crippen LogP contribution in [-0.2, 0) is 9.53 Å². The third-order valence-corrected chi connectivity index (χ3v) is 15.1. The molecule has 9 heteroatoms. The van der Waals surface area contributed by atoms with E-state index in [1.54, 1.807) is 17.3 Å². The number of carbonyl (C=O) groups excluding carboxylic acids is 1. The molecule has 2 saturated carbocycles. The summed E-state index contributed by atoms with van der Waals surface area (Å²) in [7, 11) is 4.14. The number of ketones is 1. The van der Waals surface area contributed by atoms with E-state index < -0.39 is 5.60 Å². The number of hydrogen-bond acceptors (Lipinski definition) is 9. The minimum Gasteiger partial charge on any atom is -0.394 e.